The van der Waals surface area contributed by atoms with E-state index in [0.29, 0.717) is 22.9 Å². The molecule has 7 nitrogen and oxygen atoms in total. The zero-order chi connectivity index (χ0) is 19.2. The Labute approximate surface area is 156 Å². The Balaban J connectivity index is 1.48. The number of rotatable bonds is 7. The fraction of sp³-hybridized carbons (Fsp3) is 0.150. The summed E-state index contributed by atoms with van der Waals surface area (Å²) in [5, 5.41) is 5.71. The molecule has 4 N–H and O–H groups in total. The lowest BCUT2D eigenvalue weighted by Crippen LogP contribution is -2.29. The molecule has 27 heavy (non-hydrogen) atoms. The molecule has 0 aliphatic carbocycles. The van der Waals surface area contributed by atoms with Gasteiger partial charge in [-0.2, -0.15) is 0 Å². The van der Waals surface area contributed by atoms with Crippen molar-refractivity contribution in [3.8, 4) is 11.3 Å². The van der Waals surface area contributed by atoms with E-state index in [2.05, 4.69) is 15.6 Å². The zero-order valence-corrected chi connectivity index (χ0v) is 14.9. The average molecular weight is 364 g/mol. The average Bonchev–Trinajstić information content (AvgIpc) is 3.14. The van der Waals surface area contributed by atoms with Gasteiger partial charge in [0.05, 0.1) is 19.3 Å². The lowest BCUT2D eigenvalue weighted by Gasteiger charge is -2.07. The van der Waals surface area contributed by atoms with E-state index in [4.69, 9.17) is 10.2 Å². The number of amides is 2. The first kappa shape index (κ1) is 18.2. The minimum atomic E-state index is -0.491. The van der Waals surface area contributed by atoms with Crippen LogP contribution in [0.4, 0.5) is 5.69 Å². The Hall–Kier alpha value is -3.61. The molecule has 7 heteroatoms. The van der Waals surface area contributed by atoms with Gasteiger partial charge in [0.1, 0.15) is 0 Å². The second-order valence-electron chi connectivity index (χ2n) is 6.06. The Morgan fingerprint density at radius 2 is 1.78 bits per heavy atom. The maximum absolute atomic E-state index is 12.0. The summed E-state index contributed by atoms with van der Waals surface area (Å²) in [4.78, 5) is 27.2. The van der Waals surface area contributed by atoms with Crippen LogP contribution in [0.25, 0.3) is 11.3 Å². The summed E-state index contributed by atoms with van der Waals surface area (Å²) in [7, 11) is 0. The Morgan fingerprint density at radius 1 is 1.07 bits per heavy atom. The van der Waals surface area contributed by atoms with Crippen LogP contribution in [0.2, 0.25) is 0 Å². The number of oxazole rings is 1. The number of primary amides is 1. The number of nitrogens with one attached hydrogen (secondary N) is 2. The van der Waals surface area contributed by atoms with E-state index in [-0.39, 0.29) is 19.0 Å². The van der Waals surface area contributed by atoms with Crippen molar-refractivity contribution < 1.29 is 14.0 Å². The van der Waals surface area contributed by atoms with Crippen molar-refractivity contribution in [1.29, 1.82) is 0 Å². The van der Waals surface area contributed by atoms with Gasteiger partial charge in [0.2, 0.25) is 17.7 Å². The third kappa shape index (κ3) is 4.94. The molecule has 3 aromatic rings. The summed E-state index contributed by atoms with van der Waals surface area (Å²) < 4.78 is 5.67. The number of aromatic nitrogens is 1. The third-order valence-electron chi connectivity index (χ3n) is 3.95. The van der Waals surface area contributed by atoms with Crippen LogP contribution in [-0.2, 0) is 11.3 Å². The molecule has 0 atom stereocenters. The fourth-order valence-corrected chi connectivity index (χ4v) is 2.41. The van der Waals surface area contributed by atoms with E-state index < -0.39 is 5.91 Å². The molecule has 2 amide bonds. The van der Waals surface area contributed by atoms with Crippen molar-refractivity contribution in [2.75, 3.05) is 11.9 Å². The molecule has 0 radical (unpaired) electrons. The largest absolute Gasteiger partial charge is 0.439 e. The molecular formula is C20H20N4O3. The molecule has 1 heterocycles. The number of anilines is 1. The molecule has 3 rings (SSSR count). The predicted octanol–water partition coefficient (Wildman–Crippen LogP) is 2.48. The van der Waals surface area contributed by atoms with E-state index in [0.717, 1.165) is 5.56 Å². The van der Waals surface area contributed by atoms with Gasteiger partial charge in [0, 0.05) is 16.8 Å². The van der Waals surface area contributed by atoms with Gasteiger partial charge in [0.15, 0.2) is 5.76 Å². The number of aryl methyl sites for hydroxylation is 1. The number of carbonyl (C=O) groups is 2. The number of hydrogen-bond acceptors (Lipinski definition) is 5. The summed E-state index contributed by atoms with van der Waals surface area (Å²) >= 11 is 0. The van der Waals surface area contributed by atoms with E-state index in [1.165, 1.54) is 5.56 Å². The number of benzene rings is 2. The summed E-state index contributed by atoms with van der Waals surface area (Å²) in [6.07, 6.45) is 1.64. The normalized spacial score (nSPS) is 10.4. The van der Waals surface area contributed by atoms with E-state index in [1.54, 1.807) is 30.5 Å². The summed E-state index contributed by atoms with van der Waals surface area (Å²) in [5.41, 5.74) is 8.42. The number of nitrogens with two attached hydrogens (primary N) is 1. The van der Waals surface area contributed by atoms with Crippen molar-refractivity contribution in [3.05, 3.63) is 71.7 Å². The molecule has 0 aliphatic rings. The summed E-state index contributed by atoms with van der Waals surface area (Å²) in [6, 6.07) is 14.5. The topological polar surface area (TPSA) is 110 Å². The number of nitrogens with zero attached hydrogens (tertiary/aromatic N) is 1. The van der Waals surface area contributed by atoms with Gasteiger partial charge < -0.3 is 20.8 Å². The molecule has 1 aromatic heterocycles. The van der Waals surface area contributed by atoms with Gasteiger partial charge in [-0.05, 0) is 31.2 Å². The second kappa shape index (κ2) is 8.18. The molecule has 0 fully saturated rings. The van der Waals surface area contributed by atoms with Gasteiger partial charge in [-0.25, -0.2) is 4.98 Å². The van der Waals surface area contributed by atoms with Crippen molar-refractivity contribution in [1.82, 2.24) is 10.3 Å². The third-order valence-corrected chi connectivity index (χ3v) is 3.95. The van der Waals surface area contributed by atoms with Crippen LogP contribution < -0.4 is 16.4 Å². The Morgan fingerprint density at radius 3 is 2.44 bits per heavy atom. The van der Waals surface area contributed by atoms with Crippen molar-refractivity contribution in [2.24, 2.45) is 5.73 Å². The maximum Gasteiger partial charge on any atom is 0.248 e. The lowest BCUT2D eigenvalue weighted by molar-refractivity contribution is -0.119. The first-order valence-electron chi connectivity index (χ1n) is 8.43. The highest BCUT2D eigenvalue weighted by molar-refractivity contribution is 5.93. The van der Waals surface area contributed by atoms with E-state index >= 15 is 0 Å². The summed E-state index contributed by atoms with van der Waals surface area (Å²) in [5.74, 6) is 0.399. The lowest BCUT2D eigenvalue weighted by atomic mass is 10.1. The molecule has 0 saturated carbocycles. The molecule has 0 bridgehead atoms. The smallest absolute Gasteiger partial charge is 0.248 e. The maximum atomic E-state index is 12.0. The highest BCUT2D eigenvalue weighted by Gasteiger charge is 2.08. The van der Waals surface area contributed by atoms with Crippen LogP contribution in [0.15, 0.2) is 59.1 Å². The monoisotopic (exact) mass is 364 g/mol. The van der Waals surface area contributed by atoms with Crippen LogP contribution in [0.1, 0.15) is 21.8 Å². The van der Waals surface area contributed by atoms with Crippen molar-refractivity contribution >= 4 is 17.5 Å². The fourth-order valence-electron chi connectivity index (χ4n) is 2.41. The zero-order valence-electron chi connectivity index (χ0n) is 14.9. The van der Waals surface area contributed by atoms with E-state index in [1.807, 2.05) is 31.2 Å². The van der Waals surface area contributed by atoms with Crippen LogP contribution >= 0.6 is 0 Å². The predicted molar refractivity (Wildman–Crippen MR) is 102 cm³/mol. The van der Waals surface area contributed by atoms with Gasteiger partial charge in [-0.3, -0.25) is 9.59 Å². The number of carbonyl (C=O) groups excluding carboxylic acids is 2. The van der Waals surface area contributed by atoms with E-state index in [9.17, 15) is 9.59 Å². The first-order valence-corrected chi connectivity index (χ1v) is 8.43. The van der Waals surface area contributed by atoms with Crippen LogP contribution in [0, 0.1) is 6.92 Å². The molecule has 0 aliphatic heterocycles. The Bertz CT molecular complexity index is 931. The quantitative estimate of drug-likeness (QED) is 0.596. The van der Waals surface area contributed by atoms with Crippen LogP contribution in [0.5, 0.6) is 0 Å². The highest BCUT2D eigenvalue weighted by Crippen LogP contribution is 2.20. The standard InChI is InChI=1S/C20H20N4O3/c1-13-2-4-14(5-3-13)17-10-24-19(27-17)12-23-18(25)11-22-16-8-6-15(7-9-16)20(21)26/h2-10,22H,11-12H2,1H3,(H2,21,26)(H,23,25). The van der Waals surface area contributed by atoms with Crippen LogP contribution in [-0.4, -0.2) is 23.3 Å². The molecule has 0 spiro atoms. The van der Waals surface area contributed by atoms with Gasteiger partial charge in [-0.15, -0.1) is 0 Å². The number of hydrogen-bond donors (Lipinski definition) is 3. The molecule has 2 aromatic carbocycles. The minimum Gasteiger partial charge on any atom is -0.439 e. The Kier molecular flexibility index (Phi) is 5.51. The van der Waals surface area contributed by atoms with Gasteiger partial charge in [0.25, 0.3) is 0 Å². The first-order chi connectivity index (χ1) is 13.0. The molecule has 0 saturated heterocycles. The van der Waals surface area contributed by atoms with Gasteiger partial charge >= 0.3 is 0 Å². The molecule has 0 unspecified atom stereocenters. The van der Waals surface area contributed by atoms with Gasteiger partial charge in [-0.1, -0.05) is 29.8 Å². The molecular weight excluding hydrogens is 344 g/mol. The second-order valence-corrected chi connectivity index (χ2v) is 6.06. The van der Waals surface area contributed by atoms with Crippen molar-refractivity contribution in [2.45, 2.75) is 13.5 Å². The summed E-state index contributed by atoms with van der Waals surface area (Å²) in [6.45, 7) is 2.31. The SMILES string of the molecule is Cc1ccc(-c2cnc(CNC(=O)CNc3ccc(C(N)=O)cc3)o2)cc1. The van der Waals surface area contributed by atoms with Crippen molar-refractivity contribution in [3.63, 3.8) is 0 Å². The minimum absolute atomic E-state index is 0.0848. The highest BCUT2D eigenvalue weighted by atomic mass is 16.4. The molecule has 138 valence electrons. The van der Waals surface area contributed by atoms with Crippen LogP contribution in [0.3, 0.4) is 0 Å².